The Balaban J connectivity index is 1.80. The van der Waals surface area contributed by atoms with Crippen LogP contribution >= 0.6 is 0 Å². The van der Waals surface area contributed by atoms with Crippen LogP contribution in [0.3, 0.4) is 0 Å². The second-order valence-electron chi connectivity index (χ2n) is 7.48. The number of ketones is 1. The number of nitrogens with zero attached hydrogens (tertiary/aromatic N) is 4. The Morgan fingerprint density at radius 2 is 1.91 bits per heavy atom. The molecule has 0 aliphatic heterocycles. The summed E-state index contributed by atoms with van der Waals surface area (Å²) in [6.45, 7) is 1.55. The standard InChI is InChI=1S/C24H24F2N4O3/c1-4-6-20(31)23-21(32-3)10-17(11-22(23)33-24(25)26)30-14-27-18-9-15(7-8-19(18)30)16-12-28-29(5-2)13-16/h7-14,24H,4-6H2,1-3H3. The van der Waals surface area contributed by atoms with Gasteiger partial charge >= 0.3 is 6.61 Å². The Bertz CT molecular complexity index is 1300. The molecule has 0 fully saturated rings. The van der Waals surface area contributed by atoms with Gasteiger partial charge in [-0.05, 0) is 31.0 Å². The molecule has 0 amide bonds. The van der Waals surface area contributed by atoms with Crippen LogP contribution in [0.25, 0.3) is 27.8 Å². The molecule has 0 N–H and O–H groups in total. The van der Waals surface area contributed by atoms with Crippen molar-refractivity contribution in [3.63, 3.8) is 0 Å². The molecule has 7 nitrogen and oxygen atoms in total. The number of fused-ring (bicyclic) bond motifs is 1. The molecule has 0 spiro atoms. The number of carbonyl (C=O) groups is 1. The average Bonchev–Trinajstić information content (AvgIpc) is 3.45. The van der Waals surface area contributed by atoms with Gasteiger partial charge in [-0.3, -0.25) is 14.0 Å². The molecule has 4 aromatic rings. The molecule has 9 heteroatoms. The van der Waals surface area contributed by atoms with Crippen LogP contribution in [0, 0.1) is 0 Å². The molecule has 0 saturated carbocycles. The lowest BCUT2D eigenvalue weighted by molar-refractivity contribution is -0.0502. The quantitative estimate of drug-likeness (QED) is 0.312. The van der Waals surface area contributed by atoms with Crippen molar-refractivity contribution in [3.05, 3.63) is 54.6 Å². The third kappa shape index (κ3) is 4.44. The van der Waals surface area contributed by atoms with Gasteiger partial charge in [0.15, 0.2) is 5.78 Å². The summed E-state index contributed by atoms with van der Waals surface area (Å²) in [4.78, 5) is 17.1. The summed E-state index contributed by atoms with van der Waals surface area (Å²) >= 11 is 0. The van der Waals surface area contributed by atoms with E-state index in [0.29, 0.717) is 12.1 Å². The molecule has 4 rings (SSSR count). The first-order valence-electron chi connectivity index (χ1n) is 10.7. The highest BCUT2D eigenvalue weighted by atomic mass is 19.3. The number of hydrogen-bond donors (Lipinski definition) is 0. The molecule has 0 unspecified atom stereocenters. The molecular formula is C24H24F2N4O3. The monoisotopic (exact) mass is 454 g/mol. The highest BCUT2D eigenvalue weighted by Crippen LogP contribution is 2.36. The summed E-state index contributed by atoms with van der Waals surface area (Å²) in [6, 6.07) is 8.83. The van der Waals surface area contributed by atoms with Crippen LogP contribution in [0.1, 0.15) is 37.0 Å². The number of carbonyl (C=O) groups excluding carboxylic acids is 1. The molecule has 0 bridgehead atoms. The van der Waals surface area contributed by atoms with Gasteiger partial charge in [0.05, 0.1) is 30.0 Å². The summed E-state index contributed by atoms with van der Waals surface area (Å²) in [5.41, 5.74) is 3.93. The molecule has 33 heavy (non-hydrogen) atoms. The van der Waals surface area contributed by atoms with E-state index in [9.17, 15) is 13.6 Å². The van der Waals surface area contributed by atoms with Gasteiger partial charge in [-0.15, -0.1) is 0 Å². The topological polar surface area (TPSA) is 71.2 Å². The molecule has 172 valence electrons. The van der Waals surface area contributed by atoms with Gasteiger partial charge in [-0.2, -0.15) is 13.9 Å². The van der Waals surface area contributed by atoms with Crippen molar-refractivity contribution in [1.82, 2.24) is 19.3 Å². The minimum absolute atomic E-state index is 0.0167. The van der Waals surface area contributed by atoms with Crippen molar-refractivity contribution in [2.45, 2.75) is 39.8 Å². The second kappa shape index (κ2) is 9.40. The number of benzene rings is 2. The van der Waals surface area contributed by atoms with Gasteiger partial charge in [0.25, 0.3) is 0 Å². The lowest BCUT2D eigenvalue weighted by atomic mass is 10.0. The molecular weight excluding hydrogens is 430 g/mol. The Hall–Kier alpha value is -3.75. The number of aryl methyl sites for hydroxylation is 1. The molecule has 0 saturated heterocycles. The minimum atomic E-state index is -3.08. The van der Waals surface area contributed by atoms with Crippen LogP contribution in [0.15, 0.2) is 49.1 Å². The molecule has 0 radical (unpaired) electrons. The Kier molecular flexibility index (Phi) is 6.39. The van der Waals surface area contributed by atoms with Crippen molar-refractivity contribution in [2.24, 2.45) is 0 Å². The predicted molar refractivity (Wildman–Crippen MR) is 120 cm³/mol. The first-order valence-corrected chi connectivity index (χ1v) is 10.7. The zero-order valence-corrected chi connectivity index (χ0v) is 18.6. The summed E-state index contributed by atoms with van der Waals surface area (Å²) in [7, 11) is 1.39. The maximum absolute atomic E-state index is 13.1. The first-order chi connectivity index (χ1) is 15.9. The summed E-state index contributed by atoms with van der Waals surface area (Å²) < 4.78 is 40.0. The minimum Gasteiger partial charge on any atom is -0.496 e. The maximum atomic E-state index is 13.1. The van der Waals surface area contributed by atoms with E-state index in [1.54, 1.807) is 23.2 Å². The third-order valence-electron chi connectivity index (χ3n) is 5.36. The van der Waals surface area contributed by atoms with Crippen LogP contribution in [-0.2, 0) is 6.54 Å². The number of rotatable bonds is 9. The highest BCUT2D eigenvalue weighted by molar-refractivity contribution is 6.01. The fraction of sp³-hybridized carbons (Fsp3) is 0.292. The molecule has 2 aromatic heterocycles. The number of imidazole rings is 1. The van der Waals surface area contributed by atoms with Crippen LogP contribution in [0.4, 0.5) is 8.78 Å². The number of methoxy groups -OCH3 is 1. The number of Topliss-reactive ketones (excluding diaryl/α,β-unsaturated/α-hetero) is 1. The molecule has 0 aliphatic carbocycles. The van der Waals surface area contributed by atoms with Gasteiger partial charge in [0, 0.05) is 36.9 Å². The Labute approximate surface area is 189 Å². The van der Waals surface area contributed by atoms with Gasteiger partial charge in [-0.1, -0.05) is 13.0 Å². The number of hydrogen-bond acceptors (Lipinski definition) is 5. The predicted octanol–water partition coefficient (Wildman–Crippen LogP) is 5.50. The van der Waals surface area contributed by atoms with Crippen molar-refractivity contribution in [3.8, 4) is 28.3 Å². The number of aromatic nitrogens is 4. The summed E-state index contributed by atoms with van der Waals surface area (Å²) in [5, 5.41) is 4.31. The summed E-state index contributed by atoms with van der Waals surface area (Å²) in [5.74, 6) is -0.361. The van der Waals surface area contributed by atoms with Crippen molar-refractivity contribution >= 4 is 16.8 Å². The van der Waals surface area contributed by atoms with E-state index in [-0.39, 0.29) is 29.3 Å². The van der Waals surface area contributed by atoms with E-state index >= 15 is 0 Å². The van der Waals surface area contributed by atoms with Crippen LogP contribution in [0.5, 0.6) is 11.5 Å². The van der Waals surface area contributed by atoms with E-state index in [0.717, 1.165) is 28.7 Å². The molecule has 0 atom stereocenters. The number of alkyl halides is 2. The van der Waals surface area contributed by atoms with Gasteiger partial charge in [0.2, 0.25) is 0 Å². The first kappa shape index (κ1) is 22.4. The van der Waals surface area contributed by atoms with Gasteiger partial charge < -0.3 is 9.47 Å². The average molecular weight is 454 g/mol. The molecule has 2 aromatic carbocycles. The van der Waals surface area contributed by atoms with Crippen LogP contribution < -0.4 is 9.47 Å². The molecule has 0 aliphatic rings. The Morgan fingerprint density at radius 1 is 1.12 bits per heavy atom. The van der Waals surface area contributed by atoms with Crippen molar-refractivity contribution < 1.29 is 23.0 Å². The zero-order valence-electron chi connectivity index (χ0n) is 18.6. The maximum Gasteiger partial charge on any atom is 0.387 e. The fourth-order valence-corrected chi connectivity index (χ4v) is 3.78. The fourth-order valence-electron chi connectivity index (χ4n) is 3.78. The van der Waals surface area contributed by atoms with Crippen molar-refractivity contribution in [2.75, 3.05) is 7.11 Å². The Morgan fingerprint density at radius 3 is 2.58 bits per heavy atom. The largest absolute Gasteiger partial charge is 0.496 e. The van der Waals surface area contributed by atoms with Gasteiger partial charge in [0.1, 0.15) is 23.4 Å². The number of halogens is 2. The van der Waals surface area contributed by atoms with Crippen LogP contribution in [-0.4, -0.2) is 38.8 Å². The smallest absolute Gasteiger partial charge is 0.387 e. The highest BCUT2D eigenvalue weighted by Gasteiger charge is 2.23. The van der Waals surface area contributed by atoms with E-state index in [1.165, 1.54) is 13.2 Å². The SMILES string of the molecule is CCCC(=O)c1c(OC)cc(-n2cnc3cc(-c4cnn(CC)c4)ccc32)cc1OC(F)F. The number of ether oxygens (including phenoxy) is 2. The zero-order chi connectivity index (χ0) is 23.5. The third-order valence-corrected chi connectivity index (χ3v) is 5.36. The van der Waals surface area contributed by atoms with Crippen LogP contribution in [0.2, 0.25) is 0 Å². The van der Waals surface area contributed by atoms with E-state index in [1.807, 2.05) is 42.9 Å². The van der Waals surface area contributed by atoms with Gasteiger partial charge in [-0.25, -0.2) is 4.98 Å². The second-order valence-corrected chi connectivity index (χ2v) is 7.48. The lowest BCUT2D eigenvalue weighted by Crippen LogP contribution is -2.11. The lowest BCUT2D eigenvalue weighted by Gasteiger charge is -2.16. The normalized spacial score (nSPS) is 11.3. The van der Waals surface area contributed by atoms with Crippen molar-refractivity contribution in [1.29, 1.82) is 0 Å². The molecule has 2 heterocycles. The van der Waals surface area contributed by atoms with E-state index < -0.39 is 6.61 Å². The van der Waals surface area contributed by atoms with E-state index in [4.69, 9.17) is 9.47 Å². The van der Waals surface area contributed by atoms with E-state index in [2.05, 4.69) is 10.1 Å². The summed E-state index contributed by atoms with van der Waals surface area (Å²) in [6.07, 6.45) is 6.12.